The van der Waals surface area contributed by atoms with Crippen LogP contribution in [0.3, 0.4) is 0 Å². The summed E-state index contributed by atoms with van der Waals surface area (Å²) in [6, 6.07) is 7.63. The molecule has 2 rings (SSSR count). The maximum absolute atomic E-state index is 12.0. The van der Waals surface area contributed by atoms with Crippen LogP contribution in [0, 0.1) is 5.92 Å². The van der Waals surface area contributed by atoms with E-state index in [2.05, 4.69) is 24.1 Å². The third kappa shape index (κ3) is 3.70. The number of rotatable bonds is 4. The molecule has 19 heavy (non-hydrogen) atoms. The Labute approximate surface area is 115 Å². The molecule has 104 valence electrons. The zero-order valence-electron chi connectivity index (χ0n) is 11.7. The quantitative estimate of drug-likeness (QED) is 0.812. The van der Waals surface area contributed by atoms with Crippen LogP contribution in [0.15, 0.2) is 24.3 Å². The highest BCUT2D eigenvalue weighted by Gasteiger charge is 2.24. The molecule has 1 aromatic carbocycles. The van der Waals surface area contributed by atoms with Gasteiger partial charge in [-0.15, -0.1) is 0 Å². The smallest absolute Gasteiger partial charge is 0.251 e. The first-order chi connectivity index (χ1) is 9.06. The van der Waals surface area contributed by atoms with E-state index in [0.29, 0.717) is 23.2 Å². The maximum atomic E-state index is 12.0. The van der Waals surface area contributed by atoms with E-state index >= 15 is 0 Å². The average molecular weight is 261 g/mol. The normalized spacial score (nSPS) is 19.8. The zero-order chi connectivity index (χ0) is 13.8. The van der Waals surface area contributed by atoms with Crippen LogP contribution in [0.2, 0.25) is 0 Å². The molecule has 0 aliphatic carbocycles. The molecule has 1 unspecified atom stereocenters. The predicted molar refractivity (Wildman–Crippen MR) is 78.0 cm³/mol. The number of nitrogens with zero attached hydrogens (tertiary/aromatic N) is 1. The molecule has 1 fully saturated rings. The number of hydrogen-bond donors (Lipinski definition) is 2. The van der Waals surface area contributed by atoms with Gasteiger partial charge in [0.25, 0.3) is 5.91 Å². The number of nitrogens with one attached hydrogen (secondary N) is 1. The lowest BCUT2D eigenvalue weighted by atomic mass is 10.1. The monoisotopic (exact) mass is 261 g/mol. The summed E-state index contributed by atoms with van der Waals surface area (Å²) < 4.78 is 0. The second kappa shape index (κ2) is 6.06. The Balaban J connectivity index is 1.80. The Hall–Kier alpha value is -1.55. The number of likely N-dealkylation sites (tertiary alicyclic amines) is 1. The first kappa shape index (κ1) is 13.9. The molecule has 1 aromatic rings. The predicted octanol–water partition coefficient (Wildman–Crippen LogP) is 1.73. The van der Waals surface area contributed by atoms with Gasteiger partial charge in [-0.05, 0) is 57.0 Å². The zero-order valence-corrected chi connectivity index (χ0v) is 11.7. The summed E-state index contributed by atoms with van der Waals surface area (Å²) in [6.07, 6.45) is 1.17. The molecule has 4 nitrogen and oxygen atoms in total. The van der Waals surface area contributed by atoms with Crippen LogP contribution < -0.4 is 11.1 Å². The third-order valence-electron chi connectivity index (χ3n) is 3.77. The number of nitrogens with two attached hydrogens (primary N) is 1. The summed E-state index contributed by atoms with van der Waals surface area (Å²) in [5.74, 6) is 0.558. The van der Waals surface area contributed by atoms with Crippen molar-refractivity contribution in [3.63, 3.8) is 0 Å². The minimum atomic E-state index is -0.0111. The van der Waals surface area contributed by atoms with Gasteiger partial charge in [-0.2, -0.15) is 0 Å². The Morgan fingerprint density at radius 3 is 2.68 bits per heavy atom. The van der Waals surface area contributed by atoms with Crippen LogP contribution in [0.25, 0.3) is 0 Å². The lowest BCUT2D eigenvalue weighted by Crippen LogP contribution is -2.32. The van der Waals surface area contributed by atoms with Crippen LogP contribution in [-0.4, -0.2) is 36.5 Å². The van der Waals surface area contributed by atoms with E-state index in [1.54, 1.807) is 24.3 Å². The van der Waals surface area contributed by atoms with E-state index in [1.165, 1.54) is 6.42 Å². The Morgan fingerprint density at radius 2 is 2.11 bits per heavy atom. The van der Waals surface area contributed by atoms with Gasteiger partial charge in [0.1, 0.15) is 0 Å². The van der Waals surface area contributed by atoms with Gasteiger partial charge in [0, 0.05) is 30.4 Å². The fourth-order valence-electron chi connectivity index (χ4n) is 2.47. The molecule has 0 spiro atoms. The van der Waals surface area contributed by atoms with Crippen LogP contribution in [0.4, 0.5) is 5.69 Å². The van der Waals surface area contributed by atoms with Gasteiger partial charge in [-0.3, -0.25) is 4.79 Å². The lowest BCUT2D eigenvalue weighted by Gasteiger charge is -2.20. The van der Waals surface area contributed by atoms with Crippen molar-refractivity contribution in [1.82, 2.24) is 10.2 Å². The summed E-state index contributed by atoms with van der Waals surface area (Å²) >= 11 is 0. The highest BCUT2D eigenvalue weighted by molar-refractivity contribution is 5.94. The van der Waals surface area contributed by atoms with Crippen LogP contribution in [0.1, 0.15) is 30.6 Å². The van der Waals surface area contributed by atoms with Crippen molar-refractivity contribution in [2.75, 3.05) is 25.4 Å². The number of hydrogen-bond acceptors (Lipinski definition) is 3. The topological polar surface area (TPSA) is 58.4 Å². The molecule has 0 aromatic heterocycles. The highest BCUT2D eigenvalue weighted by atomic mass is 16.1. The van der Waals surface area contributed by atoms with Crippen LogP contribution >= 0.6 is 0 Å². The molecule has 1 aliphatic rings. The van der Waals surface area contributed by atoms with E-state index in [1.807, 2.05) is 0 Å². The van der Waals surface area contributed by atoms with Crippen molar-refractivity contribution in [1.29, 1.82) is 0 Å². The van der Waals surface area contributed by atoms with Gasteiger partial charge in [0.2, 0.25) is 0 Å². The van der Waals surface area contributed by atoms with Gasteiger partial charge in [0.05, 0.1) is 0 Å². The molecule has 1 saturated heterocycles. The second-order valence-electron chi connectivity index (χ2n) is 5.58. The third-order valence-corrected chi connectivity index (χ3v) is 3.77. The molecule has 0 bridgehead atoms. The van der Waals surface area contributed by atoms with Crippen molar-refractivity contribution >= 4 is 11.6 Å². The number of carbonyl (C=O) groups excluding carboxylic acids is 1. The molecule has 1 heterocycles. The van der Waals surface area contributed by atoms with E-state index in [4.69, 9.17) is 5.73 Å². The van der Waals surface area contributed by atoms with E-state index in [-0.39, 0.29) is 5.91 Å². The lowest BCUT2D eigenvalue weighted by molar-refractivity contribution is 0.0947. The first-order valence-corrected chi connectivity index (χ1v) is 6.94. The van der Waals surface area contributed by atoms with E-state index in [0.717, 1.165) is 19.6 Å². The highest BCUT2D eigenvalue weighted by Crippen LogP contribution is 2.17. The van der Waals surface area contributed by atoms with Gasteiger partial charge >= 0.3 is 0 Å². The molecule has 4 heteroatoms. The fourth-order valence-corrected chi connectivity index (χ4v) is 2.47. The van der Waals surface area contributed by atoms with Gasteiger partial charge < -0.3 is 16.0 Å². The summed E-state index contributed by atoms with van der Waals surface area (Å²) in [5.41, 5.74) is 6.96. The first-order valence-electron chi connectivity index (χ1n) is 6.94. The van der Waals surface area contributed by atoms with Gasteiger partial charge in [-0.1, -0.05) is 0 Å². The summed E-state index contributed by atoms with van der Waals surface area (Å²) in [5, 5.41) is 3.01. The number of carbonyl (C=O) groups is 1. The van der Waals surface area contributed by atoms with Gasteiger partial charge in [-0.25, -0.2) is 0 Å². The molecular weight excluding hydrogens is 238 g/mol. The number of anilines is 1. The van der Waals surface area contributed by atoms with Crippen molar-refractivity contribution in [2.45, 2.75) is 26.3 Å². The molecule has 0 radical (unpaired) electrons. The second-order valence-corrected chi connectivity index (χ2v) is 5.58. The number of benzene rings is 1. The number of amides is 1. The van der Waals surface area contributed by atoms with Crippen LogP contribution in [-0.2, 0) is 0 Å². The summed E-state index contributed by atoms with van der Waals surface area (Å²) in [6.45, 7) is 7.41. The van der Waals surface area contributed by atoms with Crippen molar-refractivity contribution in [2.24, 2.45) is 5.92 Å². The molecular formula is C15H23N3O. The Morgan fingerprint density at radius 1 is 1.42 bits per heavy atom. The van der Waals surface area contributed by atoms with E-state index in [9.17, 15) is 4.79 Å². The summed E-state index contributed by atoms with van der Waals surface area (Å²) in [7, 11) is 0. The minimum absolute atomic E-state index is 0.0111. The average Bonchev–Trinajstić information content (AvgIpc) is 2.86. The maximum Gasteiger partial charge on any atom is 0.251 e. The van der Waals surface area contributed by atoms with E-state index < -0.39 is 0 Å². The molecule has 1 aliphatic heterocycles. The molecule has 0 saturated carbocycles. The molecule has 1 amide bonds. The Kier molecular flexibility index (Phi) is 4.43. The van der Waals surface area contributed by atoms with Crippen molar-refractivity contribution in [3.8, 4) is 0 Å². The largest absolute Gasteiger partial charge is 0.399 e. The molecule has 1 atom stereocenters. The Bertz CT molecular complexity index is 428. The minimum Gasteiger partial charge on any atom is -0.399 e. The number of nitrogen functional groups attached to an aromatic ring is 1. The van der Waals surface area contributed by atoms with Crippen molar-refractivity contribution < 1.29 is 4.79 Å². The standard InChI is InChI=1S/C15H23N3O/c1-11(2)18-8-7-12(10-18)9-17-15(19)13-3-5-14(16)6-4-13/h3-6,11-12H,7-10,16H2,1-2H3,(H,17,19). The summed E-state index contributed by atoms with van der Waals surface area (Å²) in [4.78, 5) is 14.4. The SMILES string of the molecule is CC(C)N1CCC(CNC(=O)c2ccc(N)cc2)C1. The fraction of sp³-hybridized carbons (Fsp3) is 0.533. The van der Waals surface area contributed by atoms with Crippen LogP contribution in [0.5, 0.6) is 0 Å². The van der Waals surface area contributed by atoms with Crippen molar-refractivity contribution in [3.05, 3.63) is 29.8 Å². The molecule has 3 N–H and O–H groups in total. The van der Waals surface area contributed by atoms with Gasteiger partial charge in [0.15, 0.2) is 0 Å².